The van der Waals surface area contributed by atoms with Crippen LogP contribution in [0, 0.1) is 0 Å². The second kappa shape index (κ2) is 6.77. The fourth-order valence-corrected chi connectivity index (χ4v) is 4.86. The number of hydrogen-bond acceptors (Lipinski definition) is 4. The average Bonchev–Trinajstić information content (AvgIpc) is 3.10. The van der Waals surface area contributed by atoms with Crippen molar-refractivity contribution in [1.29, 1.82) is 0 Å². The van der Waals surface area contributed by atoms with Crippen molar-refractivity contribution < 1.29 is 9.76 Å². The zero-order chi connectivity index (χ0) is 21.1. The number of thiophene rings is 1. The van der Waals surface area contributed by atoms with E-state index in [1.807, 2.05) is 19.9 Å². The topological polar surface area (TPSA) is 42.4 Å². The first-order valence-electron chi connectivity index (χ1n) is 10.1. The predicted molar refractivity (Wildman–Crippen MR) is 129 cm³/mol. The summed E-state index contributed by atoms with van der Waals surface area (Å²) in [4.78, 5) is 5.06. The van der Waals surface area contributed by atoms with E-state index in [1.165, 1.54) is 20.2 Å². The van der Waals surface area contributed by atoms with Crippen molar-refractivity contribution in [2.45, 2.75) is 38.9 Å². The summed E-state index contributed by atoms with van der Waals surface area (Å²) in [6.07, 6.45) is 0. The second-order valence-electron chi connectivity index (χ2n) is 8.78. The number of aromatic nitrogens is 1. The highest BCUT2D eigenvalue weighted by atomic mass is 32.1. The summed E-state index contributed by atoms with van der Waals surface area (Å²) in [6, 6.07) is 21.2. The van der Waals surface area contributed by atoms with Crippen molar-refractivity contribution in [3.8, 4) is 0 Å². The van der Waals surface area contributed by atoms with Crippen molar-refractivity contribution in [2.24, 2.45) is 0 Å². The fraction of sp³-hybridized carbons (Fsp3) is 0.240. The standard InChI is InChI=1S/C25H23BNO2S/c1-24(2,28)25(3,4)29-26-23-19-11-6-5-9-15(19)17-13-14-18-16-10-7-8-12-20(16)30-22(18)21(17)27-23/h5-14,28H,1-4H3. The van der Waals surface area contributed by atoms with Gasteiger partial charge in [-0.25, -0.2) is 0 Å². The molecule has 0 aliphatic rings. The van der Waals surface area contributed by atoms with Crippen LogP contribution >= 0.6 is 11.3 Å². The number of rotatable bonds is 4. The third-order valence-corrected chi connectivity index (χ3v) is 7.38. The minimum Gasteiger partial charge on any atom is -0.425 e. The first-order valence-corrected chi connectivity index (χ1v) is 10.9. The van der Waals surface area contributed by atoms with Gasteiger partial charge in [0.1, 0.15) is 0 Å². The minimum absolute atomic E-state index is 0.756. The minimum atomic E-state index is -0.991. The predicted octanol–water partition coefficient (Wildman–Crippen LogP) is 5.57. The van der Waals surface area contributed by atoms with E-state index in [4.69, 9.17) is 9.64 Å². The zero-order valence-corrected chi connectivity index (χ0v) is 18.4. The number of fused-ring (bicyclic) bond motifs is 7. The molecule has 0 aliphatic heterocycles. The Bertz CT molecular complexity index is 1420. The van der Waals surface area contributed by atoms with Crippen LogP contribution in [0.4, 0.5) is 0 Å². The van der Waals surface area contributed by atoms with Gasteiger partial charge < -0.3 is 9.76 Å². The number of hydrogen-bond donors (Lipinski definition) is 1. The summed E-state index contributed by atoms with van der Waals surface area (Å²) >= 11 is 1.78. The number of nitrogens with zero attached hydrogens (tertiary/aromatic N) is 1. The summed E-state index contributed by atoms with van der Waals surface area (Å²) in [5.74, 6) is 0. The van der Waals surface area contributed by atoms with Crippen LogP contribution in [0.3, 0.4) is 0 Å². The van der Waals surface area contributed by atoms with Gasteiger partial charge in [-0.3, -0.25) is 4.98 Å². The van der Waals surface area contributed by atoms with Gasteiger partial charge in [0, 0.05) is 26.5 Å². The Kier molecular flexibility index (Phi) is 4.40. The highest BCUT2D eigenvalue weighted by Crippen LogP contribution is 2.38. The van der Waals surface area contributed by atoms with E-state index in [1.54, 1.807) is 32.7 Å². The molecule has 0 unspecified atom stereocenters. The second-order valence-corrected chi connectivity index (χ2v) is 9.84. The fourth-order valence-electron chi connectivity index (χ4n) is 3.66. The smallest absolute Gasteiger partial charge is 0.352 e. The van der Waals surface area contributed by atoms with Crippen molar-refractivity contribution in [3.05, 3.63) is 60.7 Å². The van der Waals surface area contributed by atoms with E-state index >= 15 is 0 Å². The van der Waals surface area contributed by atoms with Crippen molar-refractivity contribution >= 4 is 66.3 Å². The molecule has 3 nitrogen and oxygen atoms in total. The Labute approximate surface area is 180 Å². The van der Waals surface area contributed by atoms with Gasteiger partial charge in [0.2, 0.25) is 0 Å². The third kappa shape index (κ3) is 3.00. The van der Waals surface area contributed by atoms with Gasteiger partial charge in [0.25, 0.3) is 0 Å². The molecule has 0 saturated heterocycles. The third-order valence-electron chi connectivity index (χ3n) is 6.18. The molecule has 0 spiro atoms. The molecule has 0 aliphatic carbocycles. The summed E-state index contributed by atoms with van der Waals surface area (Å²) in [5.41, 5.74) is 0.0205. The molecule has 1 radical (unpaired) electrons. The maximum atomic E-state index is 10.5. The molecule has 3 aromatic carbocycles. The first-order chi connectivity index (χ1) is 14.3. The largest absolute Gasteiger partial charge is 0.425 e. The molecule has 30 heavy (non-hydrogen) atoms. The van der Waals surface area contributed by atoms with E-state index in [0.29, 0.717) is 0 Å². The van der Waals surface area contributed by atoms with Crippen molar-refractivity contribution in [2.75, 3.05) is 0 Å². The number of benzene rings is 3. The van der Waals surface area contributed by atoms with Crippen LogP contribution in [0.2, 0.25) is 0 Å². The molecule has 5 heteroatoms. The van der Waals surface area contributed by atoms with Gasteiger partial charge in [-0.15, -0.1) is 11.3 Å². The molecule has 0 atom stereocenters. The molecular weight excluding hydrogens is 389 g/mol. The zero-order valence-electron chi connectivity index (χ0n) is 17.6. The van der Waals surface area contributed by atoms with Gasteiger partial charge >= 0.3 is 7.48 Å². The van der Waals surface area contributed by atoms with E-state index < -0.39 is 11.2 Å². The van der Waals surface area contributed by atoms with Crippen LogP contribution in [0.15, 0.2) is 60.7 Å². The summed E-state index contributed by atoms with van der Waals surface area (Å²) in [7, 11) is 1.70. The lowest BCUT2D eigenvalue weighted by Gasteiger charge is -2.37. The van der Waals surface area contributed by atoms with Crippen LogP contribution in [0.1, 0.15) is 27.7 Å². The Morgan fingerprint density at radius 1 is 0.800 bits per heavy atom. The normalized spacial score (nSPS) is 13.0. The lowest BCUT2D eigenvalue weighted by atomic mass is 9.83. The molecule has 2 heterocycles. The van der Waals surface area contributed by atoms with Crippen LogP contribution in [-0.2, 0) is 4.65 Å². The Morgan fingerprint density at radius 3 is 2.17 bits per heavy atom. The number of aliphatic hydroxyl groups is 1. The van der Waals surface area contributed by atoms with E-state index in [2.05, 4.69) is 54.6 Å². The maximum Gasteiger partial charge on any atom is 0.352 e. The quantitative estimate of drug-likeness (QED) is 0.310. The molecule has 0 amide bonds. The van der Waals surface area contributed by atoms with Crippen molar-refractivity contribution in [3.63, 3.8) is 0 Å². The lowest BCUT2D eigenvalue weighted by molar-refractivity contribution is -0.0893. The van der Waals surface area contributed by atoms with Gasteiger partial charge in [0.05, 0.1) is 21.4 Å². The SMILES string of the molecule is CC(C)(O)C(C)(C)O[B]c1nc2c(ccc3c4ccccc4sc32)c2ccccc12. The maximum absolute atomic E-state index is 10.5. The Morgan fingerprint density at radius 2 is 1.43 bits per heavy atom. The van der Waals surface area contributed by atoms with Crippen LogP contribution in [-0.4, -0.2) is 28.8 Å². The van der Waals surface area contributed by atoms with E-state index in [0.717, 1.165) is 27.3 Å². The monoisotopic (exact) mass is 412 g/mol. The van der Waals surface area contributed by atoms with Crippen molar-refractivity contribution in [1.82, 2.24) is 4.98 Å². The highest BCUT2D eigenvalue weighted by molar-refractivity contribution is 7.26. The van der Waals surface area contributed by atoms with Crippen LogP contribution in [0.5, 0.6) is 0 Å². The molecule has 5 aromatic rings. The Balaban J connectivity index is 1.76. The van der Waals surface area contributed by atoms with Gasteiger partial charge in [-0.2, -0.15) is 0 Å². The summed E-state index contributed by atoms with van der Waals surface area (Å²) in [5, 5.41) is 16.3. The molecule has 0 fully saturated rings. The van der Waals surface area contributed by atoms with E-state index in [9.17, 15) is 5.11 Å². The summed E-state index contributed by atoms with van der Waals surface area (Å²) < 4.78 is 8.53. The van der Waals surface area contributed by atoms with E-state index in [-0.39, 0.29) is 0 Å². The van der Waals surface area contributed by atoms with Crippen LogP contribution < -0.4 is 5.59 Å². The van der Waals surface area contributed by atoms with Gasteiger partial charge in [-0.05, 0) is 44.5 Å². The highest BCUT2D eigenvalue weighted by Gasteiger charge is 2.36. The van der Waals surface area contributed by atoms with Crippen LogP contribution in [0.25, 0.3) is 41.8 Å². The summed E-state index contributed by atoms with van der Waals surface area (Å²) in [6.45, 7) is 7.29. The van der Waals surface area contributed by atoms with Gasteiger partial charge in [-0.1, -0.05) is 54.6 Å². The molecule has 149 valence electrons. The molecular formula is C25H23BNO2S. The Hall–Kier alpha value is -2.47. The molecule has 0 bridgehead atoms. The average molecular weight is 412 g/mol. The lowest BCUT2D eigenvalue weighted by Crippen LogP contribution is -2.49. The van der Waals surface area contributed by atoms with Gasteiger partial charge in [0.15, 0.2) is 0 Å². The molecule has 1 N–H and O–H groups in total. The molecule has 0 saturated carbocycles. The molecule has 5 rings (SSSR count). The molecule has 2 aromatic heterocycles. The number of pyridine rings is 1. The first kappa shape index (κ1) is 19.5.